The number of carboxylic acids is 1. The van der Waals surface area contributed by atoms with E-state index in [0.29, 0.717) is 0 Å². The third-order valence-electron chi connectivity index (χ3n) is 6.87. The molecule has 3 N–H and O–H groups in total. The first kappa shape index (κ1) is 25.8. The quantitative estimate of drug-likeness (QED) is 0.282. The zero-order valence-electron chi connectivity index (χ0n) is 21.2. The number of nitrogens with zero attached hydrogens (tertiary/aromatic N) is 1. The Kier molecular flexibility index (Phi) is 7.73. The van der Waals surface area contributed by atoms with Crippen LogP contribution in [0.4, 0.5) is 4.79 Å². The first-order chi connectivity index (χ1) is 19.0. The summed E-state index contributed by atoms with van der Waals surface area (Å²) in [7, 11) is 0. The van der Waals surface area contributed by atoms with Crippen LogP contribution in [0.2, 0.25) is 0 Å². The Labute approximate surface area is 226 Å². The van der Waals surface area contributed by atoms with E-state index in [1.807, 2.05) is 66.7 Å². The molecule has 2 amide bonds. The van der Waals surface area contributed by atoms with E-state index in [-0.39, 0.29) is 25.5 Å². The number of amides is 2. The number of carboxylic acid groups (broad SMARTS) is 1. The molecule has 5 rings (SSSR count). The fourth-order valence-corrected chi connectivity index (χ4v) is 5.10. The Morgan fingerprint density at radius 3 is 2.13 bits per heavy atom. The highest BCUT2D eigenvalue weighted by Gasteiger charge is 2.31. The molecule has 0 radical (unpaired) electrons. The van der Waals surface area contributed by atoms with Crippen LogP contribution in [0.3, 0.4) is 0 Å². The number of hydrogen-bond donors (Lipinski definition) is 3. The number of alkyl carbamates (subject to hydrolysis) is 1. The second-order valence-corrected chi connectivity index (χ2v) is 9.50. The maximum atomic E-state index is 13.6. The lowest BCUT2D eigenvalue weighted by Gasteiger charge is -2.27. The number of aromatic amines is 1. The van der Waals surface area contributed by atoms with E-state index in [0.717, 1.165) is 33.5 Å². The van der Waals surface area contributed by atoms with Crippen LogP contribution in [0, 0.1) is 0 Å². The van der Waals surface area contributed by atoms with Gasteiger partial charge in [-0.3, -0.25) is 9.59 Å². The predicted molar refractivity (Wildman–Crippen MR) is 146 cm³/mol. The van der Waals surface area contributed by atoms with Crippen molar-refractivity contribution in [1.29, 1.82) is 0 Å². The molecule has 0 bridgehead atoms. The Morgan fingerprint density at radius 1 is 0.872 bits per heavy atom. The van der Waals surface area contributed by atoms with Gasteiger partial charge in [-0.2, -0.15) is 0 Å². The number of ether oxygens (including phenoxy) is 1. The van der Waals surface area contributed by atoms with Crippen molar-refractivity contribution in [3.8, 4) is 11.1 Å². The minimum absolute atomic E-state index is 0.0968. The number of carbonyl (C=O) groups is 3. The molecule has 39 heavy (non-hydrogen) atoms. The van der Waals surface area contributed by atoms with E-state index in [1.165, 1.54) is 4.90 Å². The molecule has 0 spiro atoms. The monoisotopic (exact) mass is 523 g/mol. The number of benzene rings is 3. The van der Waals surface area contributed by atoms with Gasteiger partial charge in [0.05, 0.1) is 0 Å². The van der Waals surface area contributed by atoms with Gasteiger partial charge in [-0.1, -0.05) is 78.9 Å². The molecule has 3 aromatic carbocycles. The maximum Gasteiger partial charge on any atom is 0.407 e. The van der Waals surface area contributed by atoms with Crippen molar-refractivity contribution in [2.24, 2.45) is 0 Å². The van der Waals surface area contributed by atoms with Gasteiger partial charge in [-0.05, 0) is 39.9 Å². The number of fused-ring (bicyclic) bond motifs is 3. The molecular weight excluding hydrogens is 494 g/mol. The van der Waals surface area contributed by atoms with Crippen molar-refractivity contribution >= 4 is 18.0 Å². The van der Waals surface area contributed by atoms with Crippen LogP contribution in [0.5, 0.6) is 0 Å². The standard InChI is InChI=1S/C31H29N3O5/c35-29(36)19-34(18-21-9-2-1-3-10-21)30(37)28(17-22-11-8-16-32-22)33-31(38)39-20-27-25-14-6-4-12-23(25)24-13-5-7-15-26(24)27/h1-16,27-28,32H,17-20H2,(H,33,38)(H,35,36). The number of carbonyl (C=O) groups excluding carboxylic acids is 2. The normalized spacial score (nSPS) is 12.7. The topological polar surface area (TPSA) is 112 Å². The largest absolute Gasteiger partial charge is 0.480 e. The van der Waals surface area contributed by atoms with Gasteiger partial charge in [0, 0.05) is 30.8 Å². The Morgan fingerprint density at radius 2 is 1.51 bits per heavy atom. The summed E-state index contributed by atoms with van der Waals surface area (Å²) in [4.78, 5) is 42.5. The lowest BCUT2D eigenvalue weighted by atomic mass is 9.98. The number of rotatable bonds is 10. The summed E-state index contributed by atoms with van der Waals surface area (Å²) in [5, 5.41) is 12.2. The van der Waals surface area contributed by atoms with Crippen LogP contribution in [0.25, 0.3) is 11.1 Å². The zero-order chi connectivity index (χ0) is 27.2. The summed E-state index contributed by atoms with van der Waals surface area (Å²) < 4.78 is 5.67. The molecule has 1 aliphatic rings. The molecule has 4 aromatic rings. The summed E-state index contributed by atoms with van der Waals surface area (Å²) in [5.41, 5.74) is 5.91. The van der Waals surface area contributed by atoms with Gasteiger partial charge in [0.1, 0.15) is 19.2 Å². The molecule has 1 heterocycles. The third-order valence-corrected chi connectivity index (χ3v) is 6.87. The van der Waals surface area contributed by atoms with Gasteiger partial charge in [0.2, 0.25) is 5.91 Å². The van der Waals surface area contributed by atoms with Gasteiger partial charge < -0.3 is 25.0 Å². The maximum absolute atomic E-state index is 13.6. The number of aromatic nitrogens is 1. The summed E-state index contributed by atoms with van der Waals surface area (Å²) >= 11 is 0. The SMILES string of the molecule is O=C(O)CN(Cc1ccccc1)C(=O)C(Cc1ccc[nH]1)NC(=O)OCC1c2ccccc2-c2ccccc21. The fraction of sp³-hybridized carbons (Fsp3) is 0.194. The van der Waals surface area contributed by atoms with Gasteiger partial charge in [-0.15, -0.1) is 0 Å². The molecule has 0 saturated carbocycles. The van der Waals surface area contributed by atoms with Crippen LogP contribution in [0.1, 0.15) is 28.3 Å². The van der Waals surface area contributed by atoms with E-state index in [1.54, 1.807) is 18.3 Å². The van der Waals surface area contributed by atoms with Crippen molar-refractivity contribution in [2.45, 2.75) is 24.9 Å². The minimum Gasteiger partial charge on any atom is -0.480 e. The second kappa shape index (κ2) is 11.7. The Bertz CT molecular complexity index is 1410. The lowest BCUT2D eigenvalue weighted by Crippen LogP contribution is -2.51. The molecule has 1 aromatic heterocycles. The van der Waals surface area contributed by atoms with Crippen LogP contribution in [0.15, 0.2) is 97.2 Å². The molecule has 0 aliphatic heterocycles. The van der Waals surface area contributed by atoms with Crippen LogP contribution in [-0.2, 0) is 27.3 Å². The van der Waals surface area contributed by atoms with Crippen molar-refractivity contribution in [3.05, 3.63) is 120 Å². The fourth-order valence-electron chi connectivity index (χ4n) is 5.10. The summed E-state index contributed by atoms with van der Waals surface area (Å²) in [6.45, 7) is -0.299. The highest BCUT2D eigenvalue weighted by Crippen LogP contribution is 2.44. The van der Waals surface area contributed by atoms with Gasteiger partial charge >= 0.3 is 12.1 Å². The van der Waals surface area contributed by atoms with Crippen LogP contribution < -0.4 is 5.32 Å². The smallest absolute Gasteiger partial charge is 0.407 e. The molecular formula is C31H29N3O5. The lowest BCUT2D eigenvalue weighted by molar-refractivity contribution is -0.145. The van der Waals surface area contributed by atoms with Crippen LogP contribution >= 0.6 is 0 Å². The van der Waals surface area contributed by atoms with E-state index < -0.39 is 30.6 Å². The summed E-state index contributed by atoms with van der Waals surface area (Å²) in [6, 6.07) is 27.8. The predicted octanol–water partition coefficient (Wildman–Crippen LogP) is 4.58. The van der Waals surface area contributed by atoms with Gasteiger partial charge in [-0.25, -0.2) is 4.79 Å². The van der Waals surface area contributed by atoms with E-state index in [9.17, 15) is 19.5 Å². The van der Waals surface area contributed by atoms with E-state index in [4.69, 9.17) is 4.74 Å². The van der Waals surface area contributed by atoms with Crippen LogP contribution in [-0.4, -0.2) is 52.2 Å². The number of H-pyrrole nitrogens is 1. The van der Waals surface area contributed by atoms with Crippen molar-refractivity contribution in [3.63, 3.8) is 0 Å². The summed E-state index contributed by atoms with van der Waals surface area (Å²) in [5.74, 6) is -1.77. The number of aliphatic carboxylic acids is 1. The molecule has 8 nitrogen and oxygen atoms in total. The minimum atomic E-state index is -1.14. The number of hydrogen-bond acceptors (Lipinski definition) is 4. The molecule has 1 atom stereocenters. The van der Waals surface area contributed by atoms with E-state index in [2.05, 4.69) is 22.4 Å². The molecule has 198 valence electrons. The average Bonchev–Trinajstić information content (AvgIpc) is 3.57. The molecule has 0 saturated heterocycles. The first-order valence-corrected chi connectivity index (χ1v) is 12.8. The molecule has 1 aliphatic carbocycles. The molecule has 1 unspecified atom stereocenters. The molecule has 0 fully saturated rings. The van der Waals surface area contributed by atoms with Crippen molar-refractivity contribution < 1.29 is 24.2 Å². The molecule has 8 heteroatoms. The highest BCUT2D eigenvalue weighted by atomic mass is 16.5. The van der Waals surface area contributed by atoms with E-state index >= 15 is 0 Å². The Balaban J connectivity index is 1.32. The van der Waals surface area contributed by atoms with Crippen molar-refractivity contribution in [1.82, 2.24) is 15.2 Å². The summed E-state index contributed by atoms with van der Waals surface area (Å²) in [6.07, 6.45) is 1.14. The third kappa shape index (κ3) is 6.01. The van der Waals surface area contributed by atoms with Gasteiger partial charge in [0.15, 0.2) is 0 Å². The van der Waals surface area contributed by atoms with Gasteiger partial charge in [0.25, 0.3) is 0 Å². The first-order valence-electron chi connectivity index (χ1n) is 12.8. The Hall–Kier alpha value is -4.85. The highest BCUT2D eigenvalue weighted by molar-refractivity contribution is 5.88. The van der Waals surface area contributed by atoms with Crippen molar-refractivity contribution in [2.75, 3.05) is 13.2 Å². The second-order valence-electron chi connectivity index (χ2n) is 9.50. The average molecular weight is 524 g/mol. The number of nitrogens with one attached hydrogen (secondary N) is 2. The zero-order valence-corrected chi connectivity index (χ0v) is 21.2.